The highest BCUT2D eigenvalue weighted by Gasteiger charge is 2.15. The van der Waals surface area contributed by atoms with Crippen LogP contribution >= 0.6 is 0 Å². The second-order valence-corrected chi connectivity index (χ2v) is 5.62. The number of rotatable bonds is 6. The summed E-state index contributed by atoms with van der Waals surface area (Å²) in [6, 6.07) is 7.58. The van der Waals surface area contributed by atoms with E-state index >= 15 is 0 Å². The van der Waals surface area contributed by atoms with Gasteiger partial charge in [-0.1, -0.05) is 19.1 Å². The van der Waals surface area contributed by atoms with Crippen LogP contribution in [0.15, 0.2) is 29.1 Å². The van der Waals surface area contributed by atoms with E-state index < -0.39 is 0 Å². The van der Waals surface area contributed by atoms with Gasteiger partial charge in [-0.2, -0.15) is 0 Å². The summed E-state index contributed by atoms with van der Waals surface area (Å²) in [5.74, 6) is 0.635. The lowest BCUT2D eigenvalue weighted by Gasteiger charge is -2.27. The topological polar surface area (TPSA) is 69.2 Å². The molecule has 0 aliphatic carbocycles. The van der Waals surface area contributed by atoms with Gasteiger partial charge in [0.1, 0.15) is 5.82 Å². The zero-order valence-electron chi connectivity index (χ0n) is 12.8. The molecule has 0 amide bonds. The minimum absolute atomic E-state index is 0.115. The monoisotopic (exact) mass is 289 g/mol. The molecule has 1 heterocycles. The third-order valence-electron chi connectivity index (χ3n) is 3.66. The number of nitrogens with one attached hydrogen (secondary N) is 1. The van der Waals surface area contributed by atoms with Crippen molar-refractivity contribution in [2.24, 2.45) is 0 Å². The third kappa shape index (κ3) is 3.89. The Hall–Kier alpha value is -1.72. The number of hydrogen-bond donors (Lipinski definition) is 2. The van der Waals surface area contributed by atoms with E-state index in [0.29, 0.717) is 36.2 Å². The molecule has 114 valence electrons. The Labute approximate surface area is 124 Å². The predicted molar refractivity (Wildman–Crippen MR) is 84.2 cm³/mol. The molecule has 21 heavy (non-hydrogen) atoms. The molecular weight excluding hydrogens is 266 g/mol. The molecule has 0 unspecified atom stereocenters. The molecule has 0 aliphatic rings. The fourth-order valence-corrected chi connectivity index (χ4v) is 2.26. The lowest BCUT2D eigenvalue weighted by atomic mass is 10.2. The number of fused-ring (bicyclic) bond motifs is 1. The molecule has 0 spiro atoms. The zero-order chi connectivity index (χ0) is 15.4. The van der Waals surface area contributed by atoms with Gasteiger partial charge in [-0.05, 0) is 32.4 Å². The van der Waals surface area contributed by atoms with Crippen LogP contribution in [0.1, 0.15) is 33.0 Å². The average Bonchev–Trinajstić information content (AvgIpc) is 2.46. The van der Waals surface area contributed by atoms with Gasteiger partial charge in [0.15, 0.2) is 0 Å². The van der Waals surface area contributed by atoms with Crippen LogP contribution in [0.4, 0.5) is 0 Å². The van der Waals surface area contributed by atoms with Gasteiger partial charge in [-0.15, -0.1) is 0 Å². The Balaban J connectivity index is 2.26. The van der Waals surface area contributed by atoms with E-state index in [0.717, 1.165) is 0 Å². The van der Waals surface area contributed by atoms with Crippen LogP contribution in [0.25, 0.3) is 10.9 Å². The predicted octanol–water partition coefficient (Wildman–Crippen LogP) is 1.90. The van der Waals surface area contributed by atoms with Crippen molar-refractivity contribution >= 4 is 10.9 Å². The van der Waals surface area contributed by atoms with E-state index in [2.05, 4.69) is 28.7 Å². The maximum absolute atomic E-state index is 12.1. The van der Waals surface area contributed by atoms with Crippen LogP contribution in [-0.2, 0) is 6.54 Å². The summed E-state index contributed by atoms with van der Waals surface area (Å²) in [5.41, 5.74) is 0.589. The first kappa shape index (κ1) is 15.7. The quantitative estimate of drug-likeness (QED) is 0.852. The first-order valence-electron chi connectivity index (χ1n) is 7.41. The molecule has 0 saturated heterocycles. The first-order chi connectivity index (χ1) is 10.0. The Morgan fingerprint density at radius 1 is 1.33 bits per heavy atom. The highest BCUT2D eigenvalue weighted by Crippen LogP contribution is 2.10. The van der Waals surface area contributed by atoms with Gasteiger partial charge < -0.3 is 10.1 Å². The average molecular weight is 289 g/mol. The molecule has 2 rings (SSSR count). The van der Waals surface area contributed by atoms with E-state index in [1.54, 1.807) is 6.07 Å². The molecule has 5 heteroatoms. The third-order valence-corrected chi connectivity index (χ3v) is 3.66. The van der Waals surface area contributed by atoms with E-state index in [4.69, 9.17) is 0 Å². The summed E-state index contributed by atoms with van der Waals surface area (Å²) in [4.78, 5) is 21.5. The summed E-state index contributed by atoms with van der Waals surface area (Å²) in [6.45, 7) is 7.20. The summed E-state index contributed by atoms with van der Waals surface area (Å²) < 4.78 is 0. The number of aromatic amines is 1. The van der Waals surface area contributed by atoms with Crippen molar-refractivity contribution in [2.45, 2.75) is 45.9 Å². The molecule has 2 aromatic rings. The number of para-hydroxylation sites is 1. The number of hydrogen-bond acceptors (Lipinski definition) is 4. The fourth-order valence-electron chi connectivity index (χ4n) is 2.26. The molecular formula is C16H23N3O2. The van der Waals surface area contributed by atoms with Crippen LogP contribution in [0.5, 0.6) is 0 Å². The summed E-state index contributed by atoms with van der Waals surface area (Å²) in [6.07, 6.45) is 0.352. The largest absolute Gasteiger partial charge is 0.392 e. The van der Waals surface area contributed by atoms with Gasteiger partial charge in [-0.3, -0.25) is 9.69 Å². The van der Waals surface area contributed by atoms with Crippen molar-refractivity contribution in [2.75, 3.05) is 6.54 Å². The number of aromatic nitrogens is 2. The van der Waals surface area contributed by atoms with Crippen molar-refractivity contribution in [1.82, 2.24) is 14.9 Å². The smallest absolute Gasteiger partial charge is 0.258 e. The molecule has 0 fully saturated rings. The van der Waals surface area contributed by atoms with E-state index in [1.165, 1.54) is 0 Å². The molecule has 2 N–H and O–H groups in total. The summed E-state index contributed by atoms with van der Waals surface area (Å²) in [5, 5.41) is 10.5. The fraction of sp³-hybridized carbons (Fsp3) is 0.500. The second-order valence-electron chi connectivity index (χ2n) is 5.62. The minimum Gasteiger partial charge on any atom is -0.392 e. The van der Waals surface area contributed by atoms with Crippen LogP contribution in [0, 0.1) is 0 Å². The molecule has 1 atom stereocenters. The van der Waals surface area contributed by atoms with Crippen molar-refractivity contribution in [3.05, 3.63) is 40.4 Å². The van der Waals surface area contributed by atoms with E-state index in [1.807, 2.05) is 25.1 Å². The molecule has 5 nitrogen and oxygen atoms in total. The first-order valence-corrected chi connectivity index (χ1v) is 7.41. The Kier molecular flexibility index (Phi) is 5.09. The maximum atomic E-state index is 12.1. The highest BCUT2D eigenvalue weighted by molar-refractivity contribution is 5.77. The zero-order valence-corrected chi connectivity index (χ0v) is 12.8. The lowest BCUT2D eigenvalue weighted by molar-refractivity contribution is 0.0865. The molecule has 0 bridgehead atoms. The number of nitrogens with zero attached hydrogens (tertiary/aromatic N) is 2. The minimum atomic E-state index is -0.362. The van der Waals surface area contributed by atoms with Gasteiger partial charge in [0.2, 0.25) is 0 Å². The highest BCUT2D eigenvalue weighted by atomic mass is 16.3. The van der Waals surface area contributed by atoms with Crippen molar-refractivity contribution in [1.29, 1.82) is 0 Å². The van der Waals surface area contributed by atoms with Gasteiger partial charge in [0, 0.05) is 12.6 Å². The SMILES string of the molecule is CC[C@@H](O)CN(Cc1nc2ccccc2c(=O)[nH]1)C(C)C. The van der Waals surface area contributed by atoms with Crippen LogP contribution in [-0.4, -0.2) is 38.7 Å². The Morgan fingerprint density at radius 2 is 2.05 bits per heavy atom. The number of aliphatic hydroxyl groups excluding tert-OH is 1. The number of benzene rings is 1. The maximum Gasteiger partial charge on any atom is 0.258 e. The van der Waals surface area contributed by atoms with Gasteiger partial charge in [-0.25, -0.2) is 4.98 Å². The number of aliphatic hydroxyl groups is 1. The van der Waals surface area contributed by atoms with E-state index in [9.17, 15) is 9.90 Å². The second kappa shape index (κ2) is 6.83. The van der Waals surface area contributed by atoms with Gasteiger partial charge in [0.25, 0.3) is 5.56 Å². The van der Waals surface area contributed by atoms with Crippen molar-refractivity contribution in [3.63, 3.8) is 0 Å². The summed E-state index contributed by atoms with van der Waals surface area (Å²) in [7, 11) is 0. The molecule has 1 aromatic carbocycles. The van der Waals surface area contributed by atoms with Crippen LogP contribution in [0.2, 0.25) is 0 Å². The lowest BCUT2D eigenvalue weighted by Crippen LogP contribution is -2.37. The molecule has 0 radical (unpaired) electrons. The molecule has 1 aromatic heterocycles. The van der Waals surface area contributed by atoms with Gasteiger partial charge >= 0.3 is 0 Å². The van der Waals surface area contributed by atoms with Gasteiger partial charge in [0.05, 0.1) is 23.6 Å². The molecule has 0 saturated carbocycles. The summed E-state index contributed by atoms with van der Waals surface area (Å²) >= 11 is 0. The standard InChI is InChI=1S/C16H23N3O2/c1-4-12(20)9-19(11(2)3)10-15-17-14-8-6-5-7-13(14)16(21)18-15/h5-8,11-12,20H,4,9-10H2,1-3H3,(H,17,18,21)/t12-/m1/s1. The van der Waals surface area contributed by atoms with Crippen molar-refractivity contribution in [3.8, 4) is 0 Å². The Morgan fingerprint density at radius 3 is 2.71 bits per heavy atom. The van der Waals surface area contributed by atoms with Crippen LogP contribution in [0.3, 0.4) is 0 Å². The normalized spacial score (nSPS) is 13.2. The molecule has 0 aliphatic heterocycles. The van der Waals surface area contributed by atoms with Crippen molar-refractivity contribution < 1.29 is 5.11 Å². The van der Waals surface area contributed by atoms with E-state index in [-0.39, 0.29) is 17.7 Å². The number of H-pyrrole nitrogens is 1. The Bertz CT molecular complexity index is 651. The van der Waals surface area contributed by atoms with Crippen LogP contribution < -0.4 is 5.56 Å².